The largest absolute Gasteiger partial charge is 0.484 e. The van der Waals surface area contributed by atoms with Crippen LogP contribution in [-0.4, -0.2) is 84.1 Å². The summed E-state index contributed by atoms with van der Waals surface area (Å²) in [7, 11) is 0. The van der Waals surface area contributed by atoms with Crippen LogP contribution in [0, 0.1) is 17.5 Å². The molecule has 4 rings (SSSR count). The van der Waals surface area contributed by atoms with Gasteiger partial charge in [0.25, 0.3) is 11.8 Å². The molecule has 2 heterocycles. The van der Waals surface area contributed by atoms with Crippen LogP contribution in [0.15, 0.2) is 36.4 Å². The molecule has 0 saturated carbocycles. The molecule has 41 heavy (non-hydrogen) atoms. The number of ether oxygens (including phenoxy) is 2. The van der Waals surface area contributed by atoms with Crippen molar-refractivity contribution in [2.75, 3.05) is 45.2 Å². The van der Waals surface area contributed by atoms with E-state index < -0.39 is 28.9 Å². The fourth-order valence-corrected chi connectivity index (χ4v) is 5.55. The maximum absolute atomic E-state index is 13.9. The second-order valence-corrected chi connectivity index (χ2v) is 10.7. The monoisotopic (exact) mass is 616 g/mol. The fourth-order valence-electron chi connectivity index (χ4n) is 4.39. The Balaban J connectivity index is 0.00000462. The first kappa shape index (κ1) is 32.5. The summed E-state index contributed by atoms with van der Waals surface area (Å²) >= 11 is 1.32. The Morgan fingerprint density at radius 1 is 1.02 bits per heavy atom. The van der Waals surface area contributed by atoms with Gasteiger partial charge in [0.1, 0.15) is 11.6 Å². The summed E-state index contributed by atoms with van der Waals surface area (Å²) in [5.74, 6) is -3.16. The number of nitrogens with one attached hydrogen (secondary N) is 1. The first-order chi connectivity index (χ1) is 19.2. The van der Waals surface area contributed by atoms with Gasteiger partial charge in [0.15, 0.2) is 23.6 Å². The number of benzene rings is 2. The Bertz CT molecular complexity index is 1220. The molecular formula is C27H32ClF3N4O5S. The van der Waals surface area contributed by atoms with E-state index in [0.29, 0.717) is 50.4 Å². The highest BCUT2D eigenvalue weighted by atomic mass is 35.5. The lowest BCUT2D eigenvalue weighted by Gasteiger charge is -2.26. The summed E-state index contributed by atoms with van der Waals surface area (Å²) in [5.41, 5.74) is 6.68. The molecule has 2 atom stereocenters. The molecule has 14 heteroatoms. The third kappa shape index (κ3) is 8.99. The lowest BCUT2D eigenvalue weighted by Crippen LogP contribution is -2.46. The summed E-state index contributed by atoms with van der Waals surface area (Å²) in [4.78, 5) is 41.1. The van der Waals surface area contributed by atoms with Gasteiger partial charge >= 0.3 is 0 Å². The minimum Gasteiger partial charge on any atom is -0.484 e. The number of nitrogens with zero attached hydrogens (tertiary/aromatic N) is 2. The molecular weight excluding hydrogens is 585 g/mol. The molecule has 0 spiro atoms. The van der Waals surface area contributed by atoms with Crippen LogP contribution in [0.5, 0.6) is 5.75 Å². The minimum atomic E-state index is -1.30. The van der Waals surface area contributed by atoms with E-state index in [9.17, 15) is 27.6 Å². The molecule has 2 aliphatic heterocycles. The maximum atomic E-state index is 13.9. The van der Waals surface area contributed by atoms with Gasteiger partial charge in [0.2, 0.25) is 5.91 Å². The van der Waals surface area contributed by atoms with Crippen molar-refractivity contribution in [3.05, 3.63) is 65.0 Å². The molecule has 2 fully saturated rings. The standard InChI is InChI=1S/C27H31F3N4O5S.ClH/c28-21-14-23(30)22(29)12-18(21)11-19(31)13-24(35)34-7-10-40-27(34)26(37)32-15-17-1-3-20(4-2-17)39-16-25(36)33-5-8-38-9-6-33;/h1-4,12,14,19,27H,5-11,13,15-16,31H2,(H,32,37);1H/t19-,27?;/m1./s1. The van der Waals surface area contributed by atoms with Crippen molar-refractivity contribution in [3.63, 3.8) is 0 Å². The van der Waals surface area contributed by atoms with Gasteiger partial charge in [0.05, 0.1) is 13.2 Å². The van der Waals surface area contributed by atoms with Crippen LogP contribution in [0.1, 0.15) is 17.5 Å². The lowest BCUT2D eigenvalue weighted by molar-refractivity contribution is -0.137. The highest BCUT2D eigenvalue weighted by Crippen LogP contribution is 2.25. The molecule has 0 aliphatic carbocycles. The molecule has 224 valence electrons. The van der Waals surface area contributed by atoms with E-state index in [1.165, 1.54) is 16.7 Å². The topological polar surface area (TPSA) is 114 Å². The Hall–Kier alpha value is -3.00. The second kappa shape index (κ2) is 15.3. The van der Waals surface area contributed by atoms with Gasteiger partial charge in [-0.2, -0.15) is 0 Å². The van der Waals surface area contributed by atoms with Gasteiger partial charge < -0.3 is 30.3 Å². The van der Waals surface area contributed by atoms with E-state index in [1.807, 2.05) is 0 Å². The zero-order valence-electron chi connectivity index (χ0n) is 22.2. The molecule has 2 aromatic carbocycles. The van der Waals surface area contributed by atoms with Crippen molar-refractivity contribution in [2.24, 2.45) is 5.73 Å². The molecule has 3 amide bonds. The van der Waals surface area contributed by atoms with E-state index in [-0.39, 0.29) is 61.7 Å². The summed E-state index contributed by atoms with van der Waals surface area (Å²) in [6, 6.07) is 7.32. The molecule has 3 N–H and O–H groups in total. The predicted molar refractivity (Wildman–Crippen MR) is 149 cm³/mol. The zero-order valence-corrected chi connectivity index (χ0v) is 23.8. The number of amides is 3. The van der Waals surface area contributed by atoms with Crippen LogP contribution in [0.25, 0.3) is 0 Å². The van der Waals surface area contributed by atoms with E-state index in [4.69, 9.17) is 15.2 Å². The normalized spacial score (nSPS) is 17.5. The van der Waals surface area contributed by atoms with E-state index in [0.717, 1.165) is 11.6 Å². The third-order valence-electron chi connectivity index (χ3n) is 6.56. The van der Waals surface area contributed by atoms with Crippen molar-refractivity contribution >= 4 is 41.9 Å². The second-order valence-electron chi connectivity index (χ2n) is 9.48. The molecule has 9 nitrogen and oxygen atoms in total. The van der Waals surface area contributed by atoms with E-state index in [1.54, 1.807) is 29.2 Å². The van der Waals surface area contributed by atoms with Crippen LogP contribution < -0.4 is 15.8 Å². The first-order valence-corrected chi connectivity index (χ1v) is 13.9. The number of thioether (sulfide) groups is 1. The number of hydrogen-bond acceptors (Lipinski definition) is 7. The molecule has 2 aliphatic rings. The number of carbonyl (C=O) groups excluding carboxylic acids is 3. The van der Waals surface area contributed by atoms with Crippen molar-refractivity contribution in [3.8, 4) is 5.75 Å². The minimum absolute atomic E-state index is 0. The van der Waals surface area contributed by atoms with Crippen LogP contribution in [0.2, 0.25) is 0 Å². The highest BCUT2D eigenvalue weighted by molar-refractivity contribution is 8.00. The highest BCUT2D eigenvalue weighted by Gasteiger charge is 2.35. The lowest BCUT2D eigenvalue weighted by atomic mass is 10.0. The molecule has 1 unspecified atom stereocenters. The molecule has 0 radical (unpaired) electrons. The van der Waals surface area contributed by atoms with Crippen LogP contribution in [0.4, 0.5) is 13.2 Å². The van der Waals surface area contributed by atoms with Crippen molar-refractivity contribution in [1.29, 1.82) is 0 Å². The van der Waals surface area contributed by atoms with E-state index >= 15 is 0 Å². The molecule has 2 aromatic rings. The van der Waals surface area contributed by atoms with Gasteiger partial charge in [-0.15, -0.1) is 24.2 Å². The SMILES string of the molecule is Cl.N[C@@H](CC(=O)N1CCSC1C(=O)NCc1ccc(OCC(=O)N2CCOCC2)cc1)Cc1cc(F)c(F)cc1F. The quantitative estimate of drug-likeness (QED) is 0.394. The van der Waals surface area contributed by atoms with Crippen LogP contribution in [0.3, 0.4) is 0 Å². The van der Waals surface area contributed by atoms with Gasteiger partial charge in [0, 0.05) is 50.5 Å². The van der Waals surface area contributed by atoms with Gasteiger partial charge in [-0.25, -0.2) is 13.2 Å². The smallest absolute Gasteiger partial charge is 0.260 e. The average molecular weight is 617 g/mol. The fraction of sp³-hybridized carbons (Fsp3) is 0.444. The number of morpholine rings is 1. The maximum Gasteiger partial charge on any atom is 0.260 e. The number of carbonyl (C=O) groups is 3. The van der Waals surface area contributed by atoms with Crippen molar-refractivity contribution < 1.29 is 37.0 Å². The average Bonchev–Trinajstić information content (AvgIpc) is 3.45. The van der Waals surface area contributed by atoms with Crippen molar-refractivity contribution in [1.82, 2.24) is 15.1 Å². The number of halogens is 4. The van der Waals surface area contributed by atoms with Crippen LogP contribution in [-0.2, 0) is 32.1 Å². The van der Waals surface area contributed by atoms with Gasteiger partial charge in [-0.05, 0) is 35.7 Å². The summed E-state index contributed by atoms with van der Waals surface area (Å²) in [5, 5.41) is 2.08. The Labute approximate surface area is 246 Å². The molecule has 0 bridgehead atoms. The predicted octanol–water partition coefficient (Wildman–Crippen LogP) is 2.24. The summed E-state index contributed by atoms with van der Waals surface area (Å²) < 4.78 is 51.4. The third-order valence-corrected chi connectivity index (χ3v) is 7.76. The zero-order chi connectivity index (χ0) is 28.6. The summed E-state index contributed by atoms with van der Waals surface area (Å²) in [6.45, 7) is 2.64. The van der Waals surface area contributed by atoms with Gasteiger partial charge in [-0.1, -0.05) is 12.1 Å². The number of nitrogens with two attached hydrogens (primary N) is 1. The number of rotatable bonds is 10. The van der Waals surface area contributed by atoms with Crippen molar-refractivity contribution in [2.45, 2.75) is 30.8 Å². The summed E-state index contributed by atoms with van der Waals surface area (Å²) in [6.07, 6.45) is -0.341. The Morgan fingerprint density at radius 3 is 2.41 bits per heavy atom. The first-order valence-electron chi connectivity index (χ1n) is 12.9. The Morgan fingerprint density at radius 2 is 1.71 bits per heavy atom. The number of hydrogen-bond donors (Lipinski definition) is 2. The van der Waals surface area contributed by atoms with Gasteiger partial charge in [-0.3, -0.25) is 14.4 Å². The van der Waals surface area contributed by atoms with Crippen LogP contribution >= 0.6 is 24.2 Å². The van der Waals surface area contributed by atoms with E-state index in [2.05, 4.69) is 5.32 Å². The molecule has 2 saturated heterocycles. The molecule has 0 aromatic heterocycles. The Kier molecular flexibility index (Phi) is 12.1.